The average Bonchev–Trinajstić information content (AvgIpc) is 3.34. The minimum Gasteiger partial charge on any atom is -0.489 e. The van der Waals surface area contributed by atoms with E-state index in [0.29, 0.717) is 29.9 Å². The molecule has 216 valence electrons. The third-order valence-electron chi connectivity index (χ3n) is 8.07. The molecule has 4 aromatic rings. The van der Waals surface area contributed by atoms with Crippen molar-refractivity contribution in [1.82, 2.24) is 10.1 Å². The van der Waals surface area contributed by atoms with Gasteiger partial charge in [0, 0.05) is 30.1 Å². The first-order valence-corrected chi connectivity index (χ1v) is 15.2. The van der Waals surface area contributed by atoms with Crippen molar-refractivity contribution >= 4 is 32.7 Å². The van der Waals surface area contributed by atoms with Gasteiger partial charge in [-0.25, -0.2) is 9.78 Å². The summed E-state index contributed by atoms with van der Waals surface area (Å²) in [5.74, 6) is 1.67. The molecule has 2 aliphatic carbocycles. The smallest absolute Gasteiger partial charge is 0.338 e. The Bertz CT molecular complexity index is 1560. The highest BCUT2D eigenvalue weighted by Gasteiger charge is 2.35. The lowest BCUT2D eigenvalue weighted by Gasteiger charge is -2.24. The van der Waals surface area contributed by atoms with Crippen molar-refractivity contribution in [2.24, 2.45) is 0 Å². The van der Waals surface area contributed by atoms with E-state index in [9.17, 15) is 4.79 Å². The Morgan fingerprint density at radius 3 is 2.71 bits per heavy atom. The summed E-state index contributed by atoms with van der Waals surface area (Å²) in [6.07, 6.45) is 5.33. The molecule has 2 aromatic heterocycles. The predicted octanol–water partition coefficient (Wildman–Crippen LogP) is 7.29. The summed E-state index contributed by atoms with van der Waals surface area (Å²) in [5, 5.41) is 5.40. The van der Waals surface area contributed by atoms with E-state index < -0.39 is 0 Å². The summed E-state index contributed by atoms with van der Waals surface area (Å²) in [6, 6.07) is 12.2. The van der Waals surface area contributed by atoms with Gasteiger partial charge in [-0.05, 0) is 70.6 Å². The van der Waals surface area contributed by atoms with Crippen molar-refractivity contribution in [1.29, 1.82) is 0 Å². The van der Waals surface area contributed by atoms with Crippen LogP contribution in [0.15, 0.2) is 40.9 Å². The Morgan fingerprint density at radius 1 is 1.17 bits per heavy atom. The van der Waals surface area contributed by atoms with Gasteiger partial charge in [-0.3, -0.25) is 0 Å². The van der Waals surface area contributed by atoms with Gasteiger partial charge in [0.2, 0.25) is 0 Å². The maximum atomic E-state index is 12.3. The quantitative estimate of drug-likeness (QED) is 0.182. The minimum atomic E-state index is -0.386. The van der Waals surface area contributed by atoms with Crippen molar-refractivity contribution in [2.45, 2.75) is 83.6 Å². The van der Waals surface area contributed by atoms with Gasteiger partial charge in [0.1, 0.15) is 22.7 Å². The molecule has 2 aromatic carbocycles. The van der Waals surface area contributed by atoms with Crippen LogP contribution in [0.25, 0.3) is 21.5 Å². The number of hydrogen-bond acceptors (Lipinski definition) is 9. The normalized spacial score (nSPS) is 18.8. The Balaban J connectivity index is 1.17. The number of aryl methyl sites for hydroxylation is 1. The summed E-state index contributed by atoms with van der Waals surface area (Å²) in [7, 11) is 3.48. The lowest BCUT2D eigenvalue weighted by molar-refractivity contribution is 0.0441. The Morgan fingerprint density at radius 2 is 1.98 bits per heavy atom. The zero-order valence-corrected chi connectivity index (χ0v) is 25.1. The SMILES string of the molecule is COC(=O)c1cc(OC(C)C)c2nc(N(C)[C@@H]3CC[C@H](OCc4c(-c5ccccc5C)noc4C4CC4)C3)sc2c1. The van der Waals surface area contributed by atoms with Gasteiger partial charge in [0.25, 0.3) is 0 Å². The third-order valence-corrected chi connectivity index (χ3v) is 9.16. The van der Waals surface area contributed by atoms with Crippen molar-refractivity contribution < 1.29 is 23.5 Å². The van der Waals surface area contributed by atoms with E-state index in [1.165, 1.54) is 12.7 Å². The Hall–Kier alpha value is -3.43. The van der Waals surface area contributed by atoms with E-state index in [0.717, 1.165) is 70.0 Å². The maximum absolute atomic E-state index is 12.3. The number of nitrogens with zero attached hydrogens (tertiary/aromatic N) is 3. The van der Waals surface area contributed by atoms with E-state index >= 15 is 0 Å². The molecule has 9 heteroatoms. The van der Waals surface area contributed by atoms with Crippen LogP contribution in [0.1, 0.15) is 79.1 Å². The van der Waals surface area contributed by atoms with Crippen molar-refractivity contribution in [2.75, 3.05) is 19.1 Å². The molecule has 0 spiro atoms. The predicted molar refractivity (Wildman–Crippen MR) is 160 cm³/mol. The monoisotopic (exact) mass is 575 g/mol. The first-order chi connectivity index (χ1) is 19.8. The fourth-order valence-electron chi connectivity index (χ4n) is 5.67. The molecule has 0 aliphatic heterocycles. The van der Waals surface area contributed by atoms with Gasteiger partial charge in [0.15, 0.2) is 5.13 Å². The van der Waals surface area contributed by atoms with Crippen molar-refractivity contribution in [3.63, 3.8) is 0 Å². The molecule has 0 bridgehead atoms. The number of fused-ring (bicyclic) bond motifs is 1. The van der Waals surface area contributed by atoms with E-state index in [1.807, 2.05) is 32.0 Å². The van der Waals surface area contributed by atoms with E-state index in [2.05, 4.69) is 36.2 Å². The highest BCUT2D eigenvalue weighted by atomic mass is 32.1. The lowest BCUT2D eigenvalue weighted by atomic mass is 10.0. The molecular weight excluding hydrogens is 538 g/mol. The maximum Gasteiger partial charge on any atom is 0.338 e. The number of benzene rings is 2. The van der Waals surface area contributed by atoms with E-state index in [-0.39, 0.29) is 18.2 Å². The van der Waals surface area contributed by atoms with Gasteiger partial charge in [-0.15, -0.1) is 0 Å². The molecule has 8 nitrogen and oxygen atoms in total. The zero-order chi connectivity index (χ0) is 28.7. The topological polar surface area (TPSA) is 86.9 Å². The molecule has 0 N–H and O–H groups in total. The van der Waals surface area contributed by atoms with Crippen LogP contribution in [-0.4, -0.2) is 48.5 Å². The molecular formula is C32H37N3O5S. The molecule has 2 atom stereocenters. The van der Waals surface area contributed by atoms with Gasteiger partial charge in [-0.2, -0.15) is 0 Å². The summed E-state index contributed by atoms with van der Waals surface area (Å²) >= 11 is 1.57. The number of rotatable bonds is 10. The summed E-state index contributed by atoms with van der Waals surface area (Å²) in [6.45, 7) is 6.55. The number of methoxy groups -OCH3 is 1. The summed E-state index contributed by atoms with van der Waals surface area (Å²) < 4.78 is 24.3. The summed E-state index contributed by atoms with van der Waals surface area (Å²) in [5.41, 5.74) is 5.54. The third kappa shape index (κ3) is 5.70. The fourth-order valence-corrected chi connectivity index (χ4v) is 6.73. The molecule has 2 aliphatic rings. The van der Waals surface area contributed by atoms with Crippen LogP contribution < -0.4 is 9.64 Å². The highest BCUT2D eigenvalue weighted by molar-refractivity contribution is 7.22. The average molecular weight is 576 g/mol. The number of hydrogen-bond donors (Lipinski definition) is 0. The van der Waals surface area contributed by atoms with E-state index in [4.69, 9.17) is 23.7 Å². The summed E-state index contributed by atoms with van der Waals surface area (Å²) in [4.78, 5) is 19.5. The van der Waals surface area contributed by atoms with Gasteiger partial charge in [-0.1, -0.05) is 40.8 Å². The number of aromatic nitrogens is 2. The second-order valence-corrected chi connectivity index (χ2v) is 12.5. The number of ether oxygens (including phenoxy) is 3. The van der Waals surface area contributed by atoms with Crippen molar-refractivity contribution in [3.8, 4) is 17.0 Å². The van der Waals surface area contributed by atoms with Crippen LogP contribution in [0.3, 0.4) is 0 Å². The fraction of sp³-hybridized carbons (Fsp3) is 0.469. The standard InChI is InChI=1S/C32H37N3O5S/c1-18(2)39-26-14-21(31(36)37-5)15-27-29(26)33-32(41-27)35(4)22-12-13-23(16-22)38-17-25-28(24-9-7-6-8-19(24)3)34-40-30(25)20-10-11-20/h6-9,14-15,18,20,22-23H,10-13,16-17H2,1-5H3/t22-,23+/m1/s1. The number of carbonyl (C=O) groups is 1. The van der Waals surface area contributed by atoms with Gasteiger partial charge >= 0.3 is 5.97 Å². The lowest BCUT2D eigenvalue weighted by Crippen LogP contribution is -2.29. The van der Waals surface area contributed by atoms with Crippen LogP contribution in [0.5, 0.6) is 5.75 Å². The van der Waals surface area contributed by atoms with Crippen LogP contribution >= 0.6 is 11.3 Å². The molecule has 41 heavy (non-hydrogen) atoms. The zero-order valence-electron chi connectivity index (χ0n) is 24.3. The largest absolute Gasteiger partial charge is 0.489 e. The Labute approximate surface area is 244 Å². The first-order valence-electron chi connectivity index (χ1n) is 14.4. The van der Waals surface area contributed by atoms with Crippen LogP contribution in [0.4, 0.5) is 5.13 Å². The second-order valence-electron chi connectivity index (χ2n) is 11.4. The van der Waals surface area contributed by atoms with Crippen molar-refractivity contribution in [3.05, 3.63) is 58.8 Å². The number of anilines is 1. The molecule has 0 radical (unpaired) electrons. The first kappa shape index (κ1) is 27.7. The molecule has 2 saturated carbocycles. The minimum absolute atomic E-state index is 0.0427. The van der Waals surface area contributed by atoms with Crippen LogP contribution in [0, 0.1) is 6.92 Å². The molecule has 0 amide bonds. The van der Waals surface area contributed by atoms with Crippen LogP contribution in [-0.2, 0) is 16.1 Å². The highest BCUT2D eigenvalue weighted by Crippen LogP contribution is 2.45. The van der Waals surface area contributed by atoms with Gasteiger partial charge < -0.3 is 23.6 Å². The number of carbonyl (C=O) groups excluding carboxylic acids is 1. The number of esters is 1. The van der Waals surface area contributed by atoms with E-state index in [1.54, 1.807) is 17.4 Å². The molecule has 0 saturated heterocycles. The second kappa shape index (κ2) is 11.4. The van der Waals surface area contributed by atoms with Gasteiger partial charge in [0.05, 0.1) is 36.2 Å². The Kier molecular flexibility index (Phi) is 7.74. The van der Waals surface area contributed by atoms with Crippen LogP contribution in [0.2, 0.25) is 0 Å². The molecule has 0 unspecified atom stereocenters. The molecule has 2 fully saturated rings. The number of thiazole rings is 1. The molecule has 2 heterocycles. The molecule has 6 rings (SSSR count).